The lowest BCUT2D eigenvalue weighted by Gasteiger charge is -2.30. The van der Waals surface area contributed by atoms with E-state index in [-0.39, 0.29) is 18.8 Å². The Hall–Kier alpha value is -1.13. The molecule has 106 valence electrons. The molecule has 0 aromatic heterocycles. The fourth-order valence-corrected chi connectivity index (χ4v) is 2.34. The lowest BCUT2D eigenvalue weighted by molar-refractivity contribution is 0.127. The van der Waals surface area contributed by atoms with Gasteiger partial charge in [-0.1, -0.05) is 25.4 Å². The first-order chi connectivity index (χ1) is 9.14. The number of fused-ring (bicyclic) bond motifs is 1. The van der Waals surface area contributed by atoms with Crippen molar-refractivity contribution in [1.29, 1.82) is 0 Å². The maximum absolute atomic E-state index is 9.56. The molecular formula is C14H20ClNO3. The van der Waals surface area contributed by atoms with Gasteiger partial charge in [0.2, 0.25) is 6.79 Å². The third kappa shape index (κ3) is 2.90. The first kappa shape index (κ1) is 14.3. The number of benzene rings is 1. The minimum absolute atomic E-state index is 0.111. The fourth-order valence-electron chi connectivity index (χ4n) is 2.11. The van der Waals surface area contributed by atoms with Gasteiger partial charge in [-0.25, -0.2) is 0 Å². The predicted molar refractivity (Wildman–Crippen MR) is 76.2 cm³/mol. The number of hydrogen-bond donors (Lipinski definition) is 2. The van der Waals surface area contributed by atoms with Crippen LogP contribution in [0.4, 0.5) is 5.69 Å². The van der Waals surface area contributed by atoms with Crippen LogP contribution in [0.2, 0.25) is 5.02 Å². The average molecular weight is 286 g/mol. The molecule has 0 fully saturated rings. The Morgan fingerprint density at radius 3 is 2.47 bits per heavy atom. The van der Waals surface area contributed by atoms with Crippen LogP contribution in [0, 0.1) is 5.41 Å². The summed E-state index contributed by atoms with van der Waals surface area (Å²) in [6, 6.07) is 3.60. The van der Waals surface area contributed by atoms with Gasteiger partial charge in [-0.2, -0.15) is 0 Å². The highest BCUT2D eigenvalue weighted by Crippen LogP contribution is 2.39. The number of nitrogens with one attached hydrogen (secondary N) is 1. The molecule has 1 aromatic rings. The molecule has 0 amide bonds. The lowest BCUT2D eigenvalue weighted by Crippen LogP contribution is -2.32. The summed E-state index contributed by atoms with van der Waals surface area (Å²) in [5.41, 5.74) is 0.699. The number of aliphatic hydroxyl groups is 1. The standard InChI is InChI=1S/C14H20ClNO3/c1-3-14(4-2,8-17)7-16-11-6-13-12(5-10(11)15)18-9-19-13/h5-6,16-17H,3-4,7-9H2,1-2H3. The van der Waals surface area contributed by atoms with E-state index < -0.39 is 0 Å². The highest BCUT2D eigenvalue weighted by Gasteiger charge is 2.25. The lowest BCUT2D eigenvalue weighted by atomic mass is 9.83. The van der Waals surface area contributed by atoms with Crippen LogP contribution in [0.5, 0.6) is 11.5 Å². The molecule has 2 N–H and O–H groups in total. The van der Waals surface area contributed by atoms with Crippen LogP contribution in [0.25, 0.3) is 0 Å². The molecule has 0 bridgehead atoms. The molecule has 2 rings (SSSR count). The Kier molecular flexibility index (Phi) is 4.42. The predicted octanol–water partition coefficient (Wildman–Crippen LogP) is 3.28. The van der Waals surface area contributed by atoms with E-state index in [1.807, 2.05) is 6.07 Å². The molecule has 5 heteroatoms. The summed E-state index contributed by atoms with van der Waals surface area (Å²) in [6.07, 6.45) is 1.82. The van der Waals surface area contributed by atoms with Gasteiger partial charge in [-0.05, 0) is 12.8 Å². The van der Waals surface area contributed by atoms with Gasteiger partial charge < -0.3 is 19.9 Å². The van der Waals surface area contributed by atoms with Gasteiger partial charge in [0.05, 0.1) is 17.3 Å². The molecule has 1 aliphatic heterocycles. The van der Waals surface area contributed by atoms with E-state index in [0.717, 1.165) is 18.5 Å². The second kappa shape index (κ2) is 5.88. The van der Waals surface area contributed by atoms with Crippen LogP contribution in [0.15, 0.2) is 12.1 Å². The molecule has 0 spiro atoms. The normalized spacial score (nSPS) is 13.7. The van der Waals surface area contributed by atoms with Crippen molar-refractivity contribution in [3.63, 3.8) is 0 Å². The maximum Gasteiger partial charge on any atom is 0.231 e. The summed E-state index contributed by atoms with van der Waals surface area (Å²) in [5.74, 6) is 1.38. The molecule has 19 heavy (non-hydrogen) atoms. The average Bonchev–Trinajstić information content (AvgIpc) is 2.88. The fraction of sp³-hybridized carbons (Fsp3) is 0.571. The highest BCUT2D eigenvalue weighted by atomic mass is 35.5. The minimum Gasteiger partial charge on any atom is -0.454 e. The Balaban J connectivity index is 2.11. The van der Waals surface area contributed by atoms with Gasteiger partial charge in [0.25, 0.3) is 0 Å². The van der Waals surface area contributed by atoms with E-state index in [9.17, 15) is 5.11 Å². The van der Waals surface area contributed by atoms with Crippen LogP contribution in [-0.4, -0.2) is 25.1 Å². The van der Waals surface area contributed by atoms with Crippen LogP contribution < -0.4 is 14.8 Å². The van der Waals surface area contributed by atoms with Crippen molar-refractivity contribution >= 4 is 17.3 Å². The molecule has 4 nitrogen and oxygen atoms in total. The summed E-state index contributed by atoms with van der Waals surface area (Å²) in [5, 5.41) is 13.5. The zero-order valence-corrected chi connectivity index (χ0v) is 12.1. The van der Waals surface area contributed by atoms with E-state index in [1.54, 1.807) is 6.07 Å². The van der Waals surface area contributed by atoms with Gasteiger partial charge in [-0.15, -0.1) is 0 Å². The van der Waals surface area contributed by atoms with Crippen molar-refractivity contribution in [2.75, 3.05) is 25.3 Å². The maximum atomic E-state index is 9.56. The van der Waals surface area contributed by atoms with Crippen molar-refractivity contribution in [3.05, 3.63) is 17.2 Å². The number of ether oxygens (including phenoxy) is 2. The highest BCUT2D eigenvalue weighted by molar-refractivity contribution is 6.33. The summed E-state index contributed by atoms with van der Waals surface area (Å²) < 4.78 is 10.6. The van der Waals surface area contributed by atoms with Crippen molar-refractivity contribution in [2.45, 2.75) is 26.7 Å². The molecule has 1 heterocycles. The molecule has 1 aliphatic rings. The second-order valence-corrected chi connectivity index (χ2v) is 5.31. The molecule has 1 aromatic carbocycles. The summed E-state index contributed by atoms with van der Waals surface area (Å²) >= 11 is 6.21. The van der Waals surface area contributed by atoms with Crippen molar-refractivity contribution in [1.82, 2.24) is 0 Å². The number of halogens is 1. The Morgan fingerprint density at radius 2 is 1.89 bits per heavy atom. The van der Waals surface area contributed by atoms with E-state index in [0.29, 0.717) is 23.1 Å². The van der Waals surface area contributed by atoms with Gasteiger partial charge in [-0.3, -0.25) is 0 Å². The minimum atomic E-state index is -0.111. The largest absolute Gasteiger partial charge is 0.454 e. The Labute approximate surface area is 118 Å². The Morgan fingerprint density at radius 1 is 1.26 bits per heavy atom. The summed E-state index contributed by atoms with van der Waals surface area (Å²) in [7, 11) is 0. The van der Waals surface area contributed by atoms with E-state index in [4.69, 9.17) is 21.1 Å². The number of hydrogen-bond acceptors (Lipinski definition) is 4. The first-order valence-corrected chi connectivity index (χ1v) is 6.96. The molecule has 0 saturated carbocycles. The third-order valence-corrected chi connectivity index (χ3v) is 4.26. The number of anilines is 1. The third-order valence-electron chi connectivity index (χ3n) is 3.95. The van der Waals surface area contributed by atoms with Crippen LogP contribution in [-0.2, 0) is 0 Å². The molecule has 0 radical (unpaired) electrons. The van der Waals surface area contributed by atoms with Crippen molar-refractivity contribution in [3.8, 4) is 11.5 Å². The number of aliphatic hydroxyl groups excluding tert-OH is 1. The topological polar surface area (TPSA) is 50.7 Å². The number of rotatable bonds is 6. The van der Waals surface area contributed by atoms with Crippen LogP contribution in [0.3, 0.4) is 0 Å². The molecule has 0 aliphatic carbocycles. The first-order valence-electron chi connectivity index (χ1n) is 6.58. The van der Waals surface area contributed by atoms with Crippen molar-refractivity contribution in [2.24, 2.45) is 5.41 Å². The van der Waals surface area contributed by atoms with Crippen LogP contribution >= 0.6 is 11.6 Å². The van der Waals surface area contributed by atoms with Gasteiger partial charge in [0.1, 0.15) is 0 Å². The molecular weight excluding hydrogens is 266 g/mol. The van der Waals surface area contributed by atoms with Gasteiger partial charge in [0.15, 0.2) is 11.5 Å². The van der Waals surface area contributed by atoms with E-state index in [1.165, 1.54) is 0 Å². The summed E-state index contributed by atoms with van der Waals surface area (Å²) in [6.45, 7) is 5.25. The molecule has 0 unspecified atom stereocenters. The van der Waals surface area contributed by atoms with Gasteiger partial charge in [0, 0.05) is 24.1 Å². The molecule has 0 atom stereocenters. The summed E-state index contributed by atoms with van der Waals surface area (Å²) in [4.78, 5) is 0. The molecule has 0 saturated heterocycles. The Bertz CT molecular complexity index is 438. The monoisotopic (exact) mass is 285 g/mol. The smallest absolute Gasteiger partial charge is 0.231 e. The van der Waals surface area contributed by atoms with Crippen LogP contribution in [0.1, 0.15) is 26.7 Å². The zero-order chi connectivity index (χ0) is 13.9. The zero-order valence-electron chi connectivity index (χ0n) is 11.3. The van der Waals surface area contributed by atoms with Crippen molar-refractivity contribution < 1.29 is 14.6 Å². The van der Waals surface area contributed by atoms with Gasteiger partial charge >= 0.3 is 0 Å². The van der Waals surface area contributed by atoms with E-state index in [2.05, 4.69) is 19.2 Å². The second-order valence-electron chi connectivity index (χ2n) is 4.90. The quantitative estimate of drug-likeness (QED) is 0.842. The van der Waals surface area contributed by atoms with E-state index >= 15 is 0 Å². The SMILES string of the molecule is CCC(CC)(CO)CNc1cc2c(cc1Cl)OCO2.